The number of carbonyl (C=O) groups is 2. The summed E-state index contributed by atoms with van der Waals surface area (Å²) in [5, 5.41) is 2.16. The van der Waals surface area contributed by atoms with Gasteiger partial charge in [0.2, 0.25) is 5.91 Å². The lowest BCUT2D eigenvalue weighted by atomic mass is 9.95. The van der Waals surface area contributed by atoms with E-state index in [1.807, 2.05) is 0 Å². The summed E-state index contributed by atoms with van der Waals surface area (Å²) in [6.07, 6.45) is 2.11. The summed E-state index contributed by atoms with van der Waals surface area (Å²) >= 11 is 0. The number of nitrogens with one attached hydrogen (secondary N) is 1. The Bertz CT molecular complexity index is 381. The highest BCUT2D eigenvalue weighted by Crippen LogP contribution is 2.21. The van der Waals surface area contributed by atoms with E-state index in [0.717, 1.165) is 25.7 Å². The van der Waals surface area contributed by atoms with Crippen molar-refractivity contribution in [1.29, 1.82) is 0 Å². The Hall–Kier alpha value is -1.47. The Balaban J connectivity index is 2.25. The molecule has 0 aliphatic heterocycles. The third-order valence-electron chi connectivity index (χ3n) is 3.99. The van der Waals surface area contributed by atoms with Gasteiger partial charge in [-0.3, -0.25) is 4.79 Å². The van der Waals surface area contributed by atoms with Gasteiger partial charge in [0.25, 0.3) is 0 Å². The number of nitrogens with zero attached hydrogens (tertiary/aromatic N) is 1. The fourth-order valence-corrected chi connectivity index (χ4v) is 2.67. The summed E-state index contributed by atoms with van der Waals surface area (Å²) in [4.78, 5) is 24.9. The first-order valence-corrected chi connectivity index (χ1v) is 8.02. The molecule has 0 unspecified atom stereocenters. The lowest BCUT2D eigenvalue weighted by Gasteiger charge is -2.30. The van der Waals surface area contributed by atoms with Crippen LogP contribution in [-0.4, -0.2) is 49.3 Å². The van der Waals surface area contributed by atoms with Gasteiger partial charge in [0, 0.05) is 26.1 Å². The van der Waals surface area contributed by atoms with E-state index in [9.17, 15) is 22.8 Å². The van der Waals surface area contributed by atoms with Gasteiger partial charge in [0.05, 0.1) is 0 Å². The SMILES string of the molecule is CN(C(=O)CCNC(=O)OCC(F)(F)F)C1CCCCCCC1. The standard InChI is InChI=1S/C15H25F3N2O3/c1-20(12-7-5-3-2-4-6-8-12)13(21)9-10-19-14(22)23-11-15(16,17)18/h12H,2-11H2,1H3,(H,19,22). The van der Waals surface area contributed by atoms with Gasteiger partial charge in [-0.1, -0.05) is 32.1 Å². The lowest BCUT2D eigenvalue weighted by molar-refractivity contribution is -0.160. The average Bonchev–Trinajstić information content (AvgIpc) is 2.43. The van der Waals surface area contributed by atoms with Gasteiger partial charge in [-0.05, 0) is 12.8 Å². The molecule has 1 fully saturated rings. The molecular weight excluding hydrogens is 313 g/mol. The van der Waals surface area contributed by atoms with E-state index < -0.39 is 18.9 Å². The van der Waals surface area contributed by atoms with E-state index in [1.165, 1.54) is 19.3 Å². The third-order valence-corrected chi connectivity index (χ3v) is 3.99. The maximum absolute atomic E-state index is 12.1. The average molecular weight is 338 g/mol. The second kappa shape index (κ2) is 9.62. The van der Waals surface area contributed by atoms with E-state index in [-0.39, 0.29) is 24.9 Å². The van der Waals surface area contributed by atoms with Crippen LogP contribution in [0.2, 0.25) is 0 Å². The fraction of sp³-hybridized carbons (Fsp3) is 0.867. The molecule has 0 aromatic rings. The highest BCUT2D eigenvalue weighted by molar-refractivity contribution is 5.77. The smallest absolute Gasteiger partial charge is 0.422 e. The number of hydrogen-bond donors (Lipinski definition) is 1. The summed E-state index contributed by atoms with van der Waals surface area (Å²) in [5.41, 5.74) is 0. The molecule has 1 rings (SSSR count). The molecule has 0 saturated heterocycles. The fourth-order valence-electron chi connectivity index (χ4n) is 2.67. The molecule has 1 aliphatic rings. The molecule has 0 aromatic heterocycles. The second-order valence-electron chi connectivity index (χ2n) is 5.87. The molecule has 134 valence electrons. The van der Waals surface area contributed by atoms with Crippen molar-refractivity contribution in [3.8, 4) is 0 Å². The Labute approximate surface area is 134 Å². The number of rotatable bonds is 5. The molecule has 1 N–H and O–H groups in total. The van der Waals surface area contributed by atoms with Gasteiger partial charge in [-0.25, -0.2) is 4.79 Å². The topological polar surface area (TPSA) is 58.6 Å². The number of alkyl carbamates (subject to hydrolysis) is 1. The van der Waals surface area contributed by atoms with E-state index in [2.05, 4.69) is 10.1 Å². The maximum Gasteiger partial charge on any atom is 0.422 e. The number of halogens is 3. The zero-order chi connectivity index (χ0) is 17.3. The molecular formula is C15H25F3N2O3. The Kier molecular flexibility index (Phi) is 8.19. The normalized spacial score (nSPS) is 17.0. The number of amides is 2. The van der Waals surface area contributed by atoms with Crippen molar-refractivity contribution in [2.75, 3.05) is 20.2 Å². The zero-order valence-electron chi connectivity index (χ0n) is 13.5. The van der Waals surface area contributed by atoms with Crippen LogP contribution >= 0.6 is 0 Å². The van der Waals surface area contributed by atoms with Gasteiger partial charge >= 0.3 is 12.3 Å². The maximum atomic E-state index is 12.1. The molecule has 0 aromatic carbocycles. The van der Waals surface area contributed by atoms with Crippen molar-refractivity contribution in [1.82, 2.24) is 10.2 Å². The van der Waals surface area contributed by atoms with Crippen molar-refractivity contribution < 1.29 is 27.5 Å². The highest BCUT2D eigenvalue weighted by atomic mass is 19.4. The number of alkyl halides is 3. The first-order chi connectivity index (χ1) is 10.8. The van der Waals surface area contributed by atoms with Crippen LogP contribution in [0.15, 0.2) is 0 Å². The molecule has 5 nitrogen and oxygen atoms in total. The zero-order valence-corrected chi connectivity index (χ0v) is 13.5. The van der Waals surface area contributed by atoms with Crippen molar-refractivity contribution in [2.45, 2.75) is 63.6 Å². The highest BCUT2D eigenvalue weighted by Gasteiger charge is 2.29. The van der Waals surface area contributed by atoms with Crippen LogP contribution in [0, 0.1) is 0 Å². The second-order valence-corrected chi connectivity index (χ2v) is 5.87. The van der Waals surface area contributed by atoms with Gasteiger partial charge in [0.1, 0.15) is 0 Å². The molecule has 0 bridgehead atoms. The molecule has 0 heterocycles. The predicted molar refractivity (Wildman–Crippen MR) is 78.9 cm³/mol. The predicted octanol–water partition coefficient (Wildman–Crippen LogP) is 3.24. The molecule has 0 atom stereocenters. The minimum Gasteiger partial charge on any atom is -0.440 e. The third kappa shape index (κ3) is 8.66. The van der Waals surface area contributed by atoms with E-state index in [1.54, 1.807) is 11.9 Å². The number of ether oxygens (including phenoxy) is 1. The van der Waals surface area contributed by atoms with Crippen LogP contribution in [0.5, 0.6) is 0 Å². The van der Waals surface area contributed by atoms with Gasteiger partial charge in [-0.2, -0.15) is 13.2 Å². The van der Waals surface area contributed by atoms with Crippen LogP contribution in [0.3, 0.4) is 0 Å². The van der Waals surface area contributed by atoms with Crippen LogP contribution in [-0.2, 0) is 9.53 Å². The first kappa shape index (κ1) is 19.6. The quantitative estimate of drug-likeness (QED) is 0.837. The monoisotopic (exact) mass is 338 g/mol. The van der Waals surface area contributed by atoms with Crippen molar-refractivity contribution in [3.05, 3.63) is 0 Å². The summed E-state index contributed by atoms with van der Waals surface area (Å²) in [5.74, 6) is -0.119. The summed E-state index contributed by atoms with van der Waals surface area (Å²) in [7, 11) is 1.75. The van der Waals surface area contributed by atoms with E-state index >= 15 is 0 Å². The van der Waals surface area contributed by atoms with Gasteiger partial charge in [-0.15, -0.1) is 0 Å². The van der Waals surface area contributed by atoms with E-state index in [0.29, 0.717) is 0 Å². The lowest BCUT2D eigenvalue weighted by Crippen LogP contribution is -2.39. The van der Waals surface area contributed by atoms with Crippen molar-refractivity contribution >= 4 is 12.0 Å². The molecule has 2 amide bonds. The molecule has 1 aliphatic carbocycles. The summed E-state index contributed by atoms with van der Waals surface area (Å²) in [6.45, 7) is -1.67. The Morgan fingerprint density at radius 2 is 1.70 bits per heavy atom. The number of hydrogen-bond acceptors (Lipinski definition) is 3. The van der Waals surface area contributed by atoms with Crippen LogP contribution in [0.25, 0.3) is 0 Å². The largest absolute Gasteiger partial charge is 0.440 e. The molecule has 23 heavy (non-hydrogen) atoms. The Morgan fingerprint density at radius 3 is 2.26 bits per heavy atom. The Morgan fingerprint density at radius 1 is 1.13 bits per heavy atom. The van der Waals surface area contributed by atoms with Crippen molar-refractivity contribution in [2.24, 2.45) is 0 Å². The number of carbonyl (C=O) groups excluding carboxylic acids is 2. The van der Waals surface area contributed by atoms with Crippen molar-refractivity contribution in [3.63, 3.8) is 0 Å². The van der Waals surface area contributed by atoms with Crippen LogP contribution < -0.4 is 5.32 Å². The van der Waals surface area contributed by atoms with Crippen LogP contribution in [0.1, 0.15) is 51.4 Å². The summed E-state index contributed by atoms with van der Waals surface area (Å²) < 4.78 is 39.6. The minimum atomic E-state index is -4.55. The van der Waals surface area contributed by atoms with Gasteiger partial charge in [0.15, 0.2) is 6.61 Å². The molecule has 8 heteroatoms. The summed E-state index contributed by atoms with van der Waals surface area (Å²) in [6, 6.07) is 0.208. The van der Waals surface area contributed by atoms with Crippen LogP contribution in [0.4, 0.5) is 18.0 Å². The molecule has 1 saturated carbocycles. The first-order valence-electron chi connectivity index (χ1n) is 8.02. The molecule has 0 radical (unpaired) electrons. The molecule has 0 spiro atoms. The van der Waals surface area contributed by atoms with Gasteiger partial charge < -0.3 is 15.0 Å². The minimum absolute atomic E-state index is 0.0351. The van der Waals surface area contributed by atoms with E-state index in [4.69, 9.17) is 0 Å².